The Kier molecular flexibility index (Phi) is 4.57. The van der Waals surface area contributed by atoms with Crippen LogP contribution in [0.25, 0.3) is 0 Å². The molecule has 6 nitrogen and oxygen atoms in total. The quantitative estimate of drug-likeness (QED) is 0.895. The summed E-state index contributed by atoms with van der Waals surface area (Å²) in [6, 6.07) is 0.351. The molecule has 1 aromatic rings. The van der Waals surface area contributed by atoms with Crippen LogP contribution in [0.2, 0.25) is 0 Å². The summed E-state index contributed by atoms with van der Waals surface area (Å²) in [7, 11) is 0. The van der Waals surface area contributed by atoms with Crippen LogP contribution < -0.4 is 5.32 Å². The van der Waals surface area contributed by atoms with Crippen LogP contribution in [0.15, 0.2) is 4.52 Å². The van der Waals surface area contributed by atoms with Crippen LogP contribution in [0.1, 0.15) is 57.2 Å². The fourth-order valence-electron chi connectivity index (χ4n) is 3.11. The van der Waals surface area contributed by atoms with Crippen LogP contribution in [0.3, 0.4) is 0 Å². The van der Waals surface area contributed by atoms with Gasteiger partial charge >= 0.3 is 0 Å². The molecule has 2 saturated heterocycles. The van der Waals surface area contributed by atoms with Crippen molar-refractivity contribution in [2.75, 3.05) is 26.4 Å². The smallest absolute Gasteiger partial charge is 0.233 e. The first-order chi connectivity index (χ1) is 10.2. The Morgan fingerprint density at radius 1 is 1.38 bits per heavy atom. The number of ether oxygens (including phenoxy) is 2. The van der Waals surface area contributed by atoms with E-state index >= 15 is 0 Å². The number of nitrogens with zero attached hydrogens (tertiary/aromatic N) is 2. The lowest BCUT2D eigenvalue weighted by atomic mass is 9.95. The summed E-state index contributed by atoms with van der Waals surface area (Å²) < 4.78 is 16.9. The molecule has 0 aromatic carbocycles. The number of hydrogen-bond acceptors (Lipinski definition) is 6. The summed E-state index contributed by atoms with van der Waals surface area (Å²) in [5.74, 6) is 1.49. The molecule has 2 aliphatic heterocycles. The standard InChI is InChI=1S/C15H25N3O3/c1-3-7-16-12-5-9-19-10-11(12)13-17-14(18-21-13)15(2)6-4-8-20-15/h11-12,16H,3-10H2,1-2H3. The maximum Gasteiger partial charge on any atom is 0.233 e. The van der Waals surface area contributed by atoms with E-state index in [1.165, 1.54) is 0 Å². The van der Waals surface area contributed by atoms with Crippen LogP contribution in [-0.2, 0) is 15.1 Å². The summed E-state index contributed by atoms with van der Waals surface area (Å²) in [5, 5.41) is 7.73. The first-order valence-corrected chi connectivity index (χ1v) is 8.02. The van der Waals surface area contributed by atoms with Crippen molar-refractivity contribution in [1.82, 2.24) is 15.5 Å². The number of aromatic nitrogens is 2. The third kappa shape index (κ3) is 3.12. The van der Waals surface area contributed by atoms with Crippen molar-refractivity contribution in [3.8, 4) is 0 Å². The lowest BCUT2D eigenvalue weighted by Gasteiger charge is -2.29. The van der Waals surface area contributed by atoms with Crippen molar-refractivity contribution >= 4 is 0 Å². The topological polar surface area (TPSA) is 69.4 Å². The molecule has 3 unspecified atom stereocenters. The largest absolute Gasteiger partial charge is 0.381 e. The summed E-state index contributed by atoms with van der Waals surface area (Å²) in [4.78, 5) is 4.62. The first-order valence-electron chi connectivity index (χ1n) is 8.02. The van der Waals surface area contributed by atoms with Crippen molar-refractivity contribution in [3.05, 3.63) is 11.7 Å². The van der Waals surface area contributed by atoms with Gasteiger partial charge in [-0.15, -0.1) is 0 Å². The first kappa shape index (κ1) is 14.9. The van der Waals surface area contributed by atoms with E-state index in [9.17, 15) is 0 Å². The molecule has 2 aliphatic rings. The molecule has 0 radical (unpaired) electrons. The Morgan fingerprint density at radius 3 is 3.05 bits per heavy atom. The highest BCUT2D eigenvalue weighted by molar-refractivity contribution is 5.06. The minimum Gasteiger partial charge on any atom is -0.381 e. The molecular weight excluding hydrogens is 270 g/mol. The number of hydrogen-bond donors (Lipinski definition) is 1. The Balaban J connectivity index is 1.74. The second-order valence-corrected chi connectivity index (χ2v) is 6.17. The van der Waals surface area contributed by atoms with Gasteiger partial charge in [0.2, 0.25) is 11.7 Å². The van der Waals surface area contributed by atoms with Gasteiger partial charge in [0.05, 0.1) is 12.5 Å². The summed E-state index contributed by atoms with van der Waals surface area (Å²) >= 11 is 0. The van der Waals surface area contributed by atoms with E-state index in [1.807, 2.05) is 6.92 Å². The van der Waals surface area contributed by atoms with Crippen molar-refractivity contribution in [2.45, 2.75) is 57.1 Å². The van der Waals surface area contributed by atoms with E-state index in [0.29, 0.717) is 24.4 Å². The van der Waals surface area contributed by atoms with Gasteiger partial charge in [-0.05, 0) is 39.2 Å². The SMILES string of the molecule is CCCNC1CCOCC1c1nc(C2(C)CCCO2)no1. The molecule has 3 atom stereocenters. The van der Waals surface area contributed by atoms with Crippen LogP contribution >= 0.6 is 0 Å². The molecule has 0 saturated carbocycles. The average molecular weight is 295 g/mol. The molecule has 0 aliphatic carbocycles. The van der Waals surface area contributed by atoms with Gasteiger partial charge < -0.3 is 19.3 Å². The number of nitrogens with one attached hydrogen (secondary N) is 1. The molecule has 0 spiro atoms. The van der Waals surface area contributed by atoms with Crippen LogP contribution in [0, 0.1) is 0 Å². The van der Waals surface area contributed by atoms with E-state index in [4.69, 9.17) is 14.0 Å². The molecule has 1 aromatic heterocycles. The zero-order valence-electron chi connectivity index (χ0n) is 12.9. The fourth-order valence-corrected chi connectivity index (χ4v) is 3.11. The van der Waals surface area contributed by atoms with E-state index in [-0.39, 0.29) is 11.5 Å². The van der Waals surface area contributed by atoms with Crippen LogP contribution in [-0.4, -0.2) is 42.5 Å². The van der Waals surface area contributed by atoms with Crippen LogP contribution in [0.4, 0.5) is 0 Å². The normalized spacial score (nSPS) is 33.4. The average Bonchev–Trinajstić information content (AvgIpc) is 3.15. The van der Waals surface area contributed by atoms with Crippen molar-refractivity contribution < 1.29 is 14.0 Å². The minimum atomic E-state index is -0.385. The minimum absolute atomic E-state index is 0.136. The van der Waals surface area contributed by atoms with Gasteiger partial charge in [0.1, 0.15) is 5.60 Å². The van der Waals surface area contributed by atoms with Crippen molar-refractivity contribution in [2.24, 2.45) is 0 Å². The van der Waals surface area contributed by atoms with Crippen molar-refractivity contribution in [3.63, 3.8) is 0 Å². The molecule has 2 fully saturated rings. The summed E-state index contributed by atoms with van der Waals surface area (Å²) in [6.45, 7) is 7.42. The molecule has 0 bridgehead atoms. The summed E-state index contributed by atoms with van der Waals surface area (Å²) in [5.41, 5.74) is -0.385. The zero-order chi connectivity index (χ0) is 14.7. The monoisotopic (exact) mass is 295 g/mol. The Morgan fingerprint density at radius 2 is 2.29 bits per heavy atom. The molecule has 1 N–H and O–H groups in total. The highest BCUT2D eigenvalue weighted by Crippen LogP contribution is 2.35. The lowest BCUT2D eigenvalue weighted by Crippen LogP contribution is -2.41. The van der Waals surface area contributed by atoms with Gasteiger partial charge in [0, 0.05) is 19.3 Å². The molecule has 0 amide bonds. The highest BCUT2D eigenvalue weighted by Gasteiger charge is 2.38. The Bertz CT molecular complexity index is 457. The summed E-state index contributed by atoms with van der Waals surface area (Å²) in [6.07, 6.45) is 4.10. The van der Waals surface area contributed by atoms with E-state index < -0.39 is 0 Å². The van der Waals surface area contributed by atoms with Gasteiger partial charge in [0.15, 0.2) is 0 Å². The zero-order valence-corrected chi connectivity index (χ0v) is 12.9. The van der Waals surface area contributed by atoms with Gasteiger partial charge in [-0.3, -0.25) is 0 Å². The van der Waals surface area contributed by atoms with Crippen molar-refractivity contribution in [1.29, 1.82) is 0 Å². The van der Waals surface area contributed by atoms with E-state index in [0.717, 1.165) is 45.4 Å². The molecular formula is C15H25N3O3. The third-order valence-electron chi connectivity index (χ3n) is 4.46. The molecule has 118 valence electrons. The third-order valence-corrected chi connectivity index (χ3v) is 4.46. The van der Waals surface area contributed by atoms with Gasteiger partial charge in [-0.25, -0.2) is 0 Å². The van der Waals surface area contributed by atoms with Gasteiger partial charge in [-0.1, -0.05) is 12.1 Å². The fraction of sp³-hybridized carbons (Fsp3) is 0.867. The predicted octanol–water partition coefficient (Wildman–Crippen LogP) is 1.97. The molecule has 21 heavy (non-hydrogen) atoms. The predicted molar refractivity (Wildman–Crippen MR) is 77.1 cm³/mol. The van der Waals surface area contributed by atoms with Crippen LogP contribution in [0.5, 0.6) is 0 Å². The Hall–Kier alpha value is -0.980. The number of rotatable bonds is 5. The lowest BCUT2D eigenvalue weighted by molar-refractivity contribution is 0.00768. The molecule has 3 rings (SSSR count). The molecule has 3 heterocycles. The highest BCUT2D eigenvalue weighted by atomic mass is 16.5. The second-order valence-electron chi connectivity index (χ2n) is 6.17. The maximum atomic E-state index is 5.79. The van der Waals surface area contributed by atoms with E-state index in [2.05, 4.69) is 22.4 Å². The maximum absolute atomic E-state index is 5.79. The Labute approximate surface area is 125 Å². The van der Waals surface area contributed by atoms with Gasteiger partial charge in [0.25, 0.3) is 0 Å². The van der Waals surface area contributed by atoms with E-state index in [1.54, 1.807) is 0 Å². The molecule has 6 heteroatoms. The second kappa shape index (κ2) is 6.42. The van der Waals surface area contributed by atoms with Gasteiger partial charge in [-0.2, -0.15) is 4.98 Å².